The van der Waals surface area contributed by atoms with Gasteiger partial charge in [0.1, 0.15) is 5.82 Å². The lowest BCUT2D eigenvalue weighted by Crippen LogP contribution is -2.47. The van der Waals surface area contributed by atoms with E-state index in [0.29, 0.717) is 5.56 Å². The van der Waals surface area contributed by atoms with Gasteiger partial charge in [-0.2, -0.15) is 0 Å². The van der Waals surface area contributed by atoms with Crippen LogP contribution in [0.4, 0.5) is 4.39 Å². The Morgan fingerprint density at radius 2 is 1.92 bits per heavy atom. The molecule has 1 amide bonds. The van der Waals surface area contributed by atoms with Gasteiger partial charge < -0.3 is 10.6 Å². The van der Waals surface area contributed by atoms with E-state index in [1.54, 1.807) is 0 Å². The van der Waals surface area contributed by atoms with E-state index in [0.717, 1.165) is 30.2 Å². The van der Waals surface area contributed by atoms with Crippen LogP contribution in [0.25, 0.3) is 11.3 Å². The Hall–Kier alpha value is -2.46. The molecule has 122 valence electrons. The topological polar surface area (TPSA) is 41.1 Å². The third kappa shape index (κ3) is 2.43. The highest BCUT2D eigenvalue weighted by molar-refractivity contribution is 5.98. The Balaban J connectivity index is 1.80. The van der Waals surface area contributed by atoms with Gasteiger partial charge >= 0.3 is 0 Å². The largest absolute Gasteiger partial charge is 0.324 e. The molecule has 0 bridgehead atoms. The second-order valence-corrected chi connectivity index (χ2v) is 6.36. The zero-order valence-corrected chi connectivity index (χ0v) is 13.5. The van der Waals surface area contributed by atoms with Crippen LogP contribution in [0, 0.1) is 5.82 Å². The minimum atomic E-state index is -0.343. The summed E-state index contributed by atoms with van der Waals surface area (Å²) in [7, 11) is 1.92. The Morgan fingerprint density at radius 1 is 1.12 bits per heavy atom. The molecular weight excluding hydrogens is 303 g/mol. The Bertz CT molecular complexity index is 931. The van der Waals surface area contributed by atoms with Crippen LogP contribution in [0.3, 0.4) is 0 Å². The number of hydrogen-bond acceptors (Lipinski definition) is 2. The lowest BCUT2D eigenvalue weighted by atomic mass is 9.94. The number of hydrogen-bond donors (Lipinski definition) is 2. The van der Waals surface area contributed by atoms with Crippen molar-refractivity contribution in [2.45, 2.75) is 25.3 Å². The molecule has 2 aliphatic rings. The summed E-state index contributed by atoms with van der Waals surface area (Å²) in [6.45, 7) is 0. The molecule has 0 fully saturated rings. The third-order valence-corrected chi connectivity index (χ3v) is 4.99. The number of benzene rings is 2. The summed E-state index contributed by atoms with van der Waals surface area (Å²) in [5, 5.41) is 8.81. The lowest BCUT2D eigenvalue weighted by molar-refractivity contribution is 0.0971. The highest BCUT2D eigenvalue weighted by Gasteiger charge is 2.26. The van der Waals surface area contributed by atoms with Gasteiger partial charge in [-0.3, -0.25) is 4.79 Å². The van der Waals surface area contributed by atoms with Gasteiger partial charge in [0.2, 0.25) is 0 Å². The van der Waals surface area contributed by atoms with Crippen molar-refractivity contribution in [3.8, 4) is 0 Å². The van der Waals surface area contributed by atoms with E-state index in [4.69, 9.17) is 0 Å². The smallest absolute Gasteiger partial charge is 0.255 e. The van der Waals surface area contributed by atoms with Crippen LogP contribution < -0.4 is 21.1 Å². The zero-order valence-electron chi connectivity index (χ0n) is 13.5. The van der Waals surface area contributed by atoms with E-state index in [2.05, 4.69) is 28.8 Å². The predicted octanol–water partition coefficient (Wildman–Crippen LogP) is 1.45. The van der Waals surface area contributed by atoms with E-state index in [1.165, 1.54) is 40.6 Å². The van der Waals surface area contributed by atoms with Crippen molar-refractivity contribution in [1.29, 1.82) is 0 Å². The number of halogens is 1. The molecule has 0 aromatic heterocycles. The molecule has 1 atom stereocenters. The molecule has 4 rings (SSSR count). The van der Waals surface area contributed by atoms with Crippen molar-refractivity contribution < 1.29 is 9.18 Å². The van der Waals surface area contributed by atoms with E-state index < -0.39 is 0 Å². The van der Waals surface area contributed by atoms with Crippen LogP contribution >= 0.6 is 0 Å². The van der Waals surface area contributed by atoms with Gasteiger partial charge in [-0.05, 0) is 61.4 Å². The van der Waals surface area contributed by atoms with Crippen LogP contribution in [0.15, 0.2) is 42.5 Å². The Morgan fingerprint density at radius 3 is 2.67 bits per heavy atom. The minimum absolute atomic E-state index is 0.0882. The zero-order chi connectivity index (χ0) is 16.7. The van der Waals surface area contributed by atoms with E-state index in [-0.39, 0.29) is 17.8 Å². The van der Waals surface area contributed by atoms with Crippen molar-refractivity contribution >= 4 is 17.2 Å². The first-order chi connectivity index (χ1) is 11.7. The maximum atomic E-state index is 13.1. The SMILES string of the molecule is CNC1CC2=c3c(cccc3=C1NC(=O)c1ccc(F)cc1)CC2. The summed E-state index contributed by atoms with van der Waals surface area (Å²) in [6, 6.07) is 12.0. The monoisotopic (exact) mass is 322 g/mol. The van der Waals surface area contributed by atoms with E-state index in [9.17, 15) is 9.18 Å². The summed E-state index contributed by atoms with van der Waals surface area (Å²) >= 11 is 0. The molecule has 0 radical (unpaired) electrons. The maximum Gasteiger partial charge on any atom is 0.255 e. The molecule has 2 N–H and O–H groups in total. The van der Waals surface area contributed by atoms with Crippen LogP contribution in [-0.2, 0) is 6.42 Å². The molecular formula is C20H19FN2O. The van der Waals surface area contributed by atoms with Crippen molar-refractivity contribution in [2.24, 2.45) is 0 Å². The molecule has 1 unspecified atom stereocenters. The van der Waals surface area contributed by atoms with Crippen LogP contribution in [0.2, 0.25) is 0 Å². The van der Waals surface area contributed by atoms with Crippen LogP contribution in [0.1, 0.15) is 28.8 Å². The quantitative estimate of drug-likeness (QED) is 0.898. The summed E-state index contributed by atoms with van der Waals surface area (Å²) in [5.41, 5.74) is 4.21. The normalized spacial score (nSPS) is 18.5. The fourth-order valence-corrected chi connectivity index (χ4v) is 3.80. The number of nitrogens with one attached hydrogen (secondary N) is 2. The second-order valence-electron chi connectivity index (χ2n) is 6.36. The number of amides is 1. The van der Waals surface area contributed by atoms with Gasteiger partial charge in [0.05, 0.1) is 6.04 Å². The molecule has 2 aliphatic carbocycles. The van der Waals surface area contributed by atoms with Gasteiger partial charge in [0, 0.05) is 16.5 Å². The summed E-state index contributed by atoms with van der Waals surface area (Å²) in [6.07, 6.45) is 3.09. The summed E-state index contributed by atoms with van der Waals surface area (Å²) < 4.78 is 13.1. The van der Waals surface area contributed by atoms with Crippen molar-refractivity contribution in [2.75, 3.05) is 7.05 Å². The highest BCUT2D eigenvalue weighted by Crippen LogP contribution is 2.23. The van der Waals surface area contributed by atoms with Crippen LogP contribution in [-0.4, -0.2) is 19.0 Å². The molecule has 2 aromatic carbocycles. The van der Waals surface area contributed by atoms with E-state index in [1.807, 2.05) is 7.05 Å². The molecule has 0 saturated heterocycles. The molecule has 0 aliphatic heterocycles. The number of carbonyl (C=O) groups excluding carboxylic acids is 1. The van der Waals surface area contributed by atoms with Crippen molar-refractivity contribution in [3.05, 3.63) is 69.8 Å². The number of likely N-dealkylation sites (N-methyl/N-ethyl adjacent to an activating group) is 1. The van der Waals surface area contributed by atoms with Gasteiger partial charge in [-0.25, -0.2) is 4.39 Å². The molecule has 0 heterocycles. The van der Waals surface area contributed by atoms with Gasteiger partial charge in [-0.1, -0.05) is 23.8 Å². The second kappa shape index (κ2) is 5.87. The Labute approximate surface area is 139 Å². The predicted molar refractivity (Wildman–Crippen MR) is 92.2 cm³/mol. The fraction of sp³-hybridized carbons (Fsp3) is 0.250. The number of rotatable bonds is 3. The fourth-order valence-electron chi connectivity index (χ4n) is 3.80. The van der Waals surface area contributed by atoms with Crippen molar-refractivity contribution in [1.82, 2.24) is 10.6 Å². The molecule has 4 heteroatoms. The summed E-state index contributed by atoms with van der Waals surface area (Å²) in [5.74, 6) is -0.547. The minimum Gasteiger partial charge on any atom is -0.324 e. The average Bonchev–Trinajstić information content (AvgIpc) is 3.02. The van der Waals surface area contributed by atoms with Crippen LogP contribution in [0.5, 0.6) is 0 Å². The van der Waals surface area contributed by atoms with E-state index >= 15 is 0 Å². The maximum absolute atomic E-state index is 13.1. The first-order valence-electron chi connectivity index (χ1n) is 8.25. The molecule has 0 spiro atoms. The number of aryl methyl sites for hydroxylation is 1. The first kappa shape index (κ1) is 15.1. The average molecular weight is 322 g/mol. The number of carbonyl (C=O) groups is 1. The van der Waals surface area contributed by atoms with Gasteiger partial charge in [0.15, 0.2) is 0 Å². The summed E-state index contributed by atoms with van der Waals surface area (Å²) in [4.78, 5) is 12.6. The molecule has 2 aromatic rings. The first-order valence-corrected chi connectivity index (χ1v) is 8.25. The Kier molecular flexibility index (Phi) is 3.69. The van der Waals surface area contributed by atoms with Crippen molar-refractivity contribution in [3.63, 3.8) is 0 Å². The van der Waals surface area contributed by atoms with Gasteiger partial charge in [-0.15, -0.1) is 0 Å². The highest BCUT2D eigenvalue weighted by atomic mass is 19.1. The molecule has 3 nitrogen and oxygen atoms in total. The standard InChI is InChI=1S/C20H19FN2O/c1-22-17-11-14-6-5-12-3-2-4-16(18(12)14)19(17)23-20(24)13-7-9-15(21)10-8-13/h2-4,7-10,17,22H,5-6,11H2,1H3,(H,23,24). The third-order valence-electron chi connectivity index (χ3n) is 4.99. The lowest BCUT2D eigenvalue weighted by Gasteiger charge is -2.25. The molecule has 24 heavy (non-hydrogen) atoms. The van der Waals surface area contributed by atoms with Gasteiger partial charge in [0.25, 0.3) is 5.91 Å². The molecule has 0 saturated carbocycles.